The van der Waals surface area contributed by atoms with Gasteiger partial charge in [0.05, 0.1) is 10.6 Å². The van der Waals surface area contributed by atoms with Crippen molar-refractivity contribution in [1.29, 1.82) is 0 Å². The molecule has 30 heavy (non-hydrogen) atoms. The molecule has 3 aromatic rings. The van der Waals surface area contributed by atoms with Crippen molar-refractivity contribution in [2.75, 3.05) is 41.3 Å². The number of rotatable bonds is 5. The lowest BCUT2D eigenvalue weighted by Gasteiger charge is -2.36. The second-order valence-corrected chi connectivity index (χ2v) is 6.71. The molecule has 2 aromatic carbocycles. The molecule has 2 heterocycles. The summed E-state index contributed by atoms with van der Waals surface area (Å²) < 4.78 is 27.1. The van der Waals surface area contributed by atoms with Gasteiger partial charge in [-0.1, -0.05) is 18.2 Å². The van der Waals surface area contributed by atoms with Crippen molar-refractivity contribution in [2.45, 2.75) is 0 Å². The van der Waals surface area contributed by atoms with Gasteiger partial charge in [0, 0.05) is 37.9 Å². The minimum absolute atomic E-state index is 0.113. The van der Waals surface area contributed by atoms with Crippen molar-refractivity contribution in [2.24, 2.45) is 0 Å². The van der Waals surface area contributed by atoms with Gasteiger partial charge in [0.2, 0.25) is 11.6 Å². The predicted octanol–water partition coefficient (Wildman–Crippen LogP) is 3.73. The number of nitrogens with zero attached hydrogens (tertiary/aromatic N) is 5. The Bertz CT molecular complexity index is 1060. The van der Waals surface area contributed by atoms with Crippen LogP contribution in [0.5, 0.6) is 0 Å². The zero-order valence-corrected chi connectivity index (χ0v) is 15.8. The molecule has 0 aliphatic carbocycles. The van der Waals surface area contributed by atoms with Crippen LogP contribution in [0.3, 0.4) is 0 Å². The molecule has 1 N–H and O–H groups in total. The first kappa shape index (κ1) is 19.5. The van der Waals surface area contributed by atoms with E-state index in [1.807, 2.05) is 35.2 Å². The molecule has 0 saturated carbocycles. The first-order chi connectivity index (χ1) is 14.5. The van der Waals surface area contributed by atoms with E-state index < -0.39 is 16.6 Å². The second kappa shape index (κ2) is 8.27. The third kappa shape index (κ3) is 3.97. The first-order valence-electron chi connectivity index (χ1n) is 9.29. The van der Waals surface area contributed by atoms with Crippen LogP contribution in [0.15, 0.2) is 54.9 Å². The average Bonchev–Trinajstić information content (AvgIpc) is 2.76. The Morgan fingerprint density at radius 1 is 0.967 bits per heavy atom. The highest BCUT2D eigenvalue weighted by atomic mass is 19.1. The Morgan fingerprint density at radius 2 is 1.67 bits per heavy atom. The van der Waals surface area contributed by atoms with E-state index in [1.54, 1.807) is 0 Å². The molecule has 1 aliphatic rings. The first-order valence-corrected chi connectivity index (χ1v) is 9.29. The summed E-state index contributed by atoms with van der Waals surface area (Å²) in [4.78, 5) is 23.2. The summed E-state index contributed by atoms with van der Waals surface area (Å²) >= 11 is 0. The molecule has 10 heteroatoms. The molecular formula is C20H18F2N6O2. The fraction of sp³-hybridized carbons (Fsp3) is 0.200. The average molecular weight is 412 g/mol. The molecule has 0 bridgehead atoms. The topological polar surface area (TPSA) is 87.4 Å². The SMILES string of the molecule is O=[N+]([O-])c1c(Nc2ccc(F)cc2F)ncnc1N1CCN(c2ccccc2)CC1. The molecule has 8 nitrogen and oxygen atoms in total. The van der Waals surface area contributed by atoms with Gasteiger partial charge < -0.3 is 15.1 Å². The standard InChI is InChI=1S/C20H18F2N6O2/c21-14-6-7-17(16(22)12-14)25-19-18(28(29)30)20(24-13-23-19)27-10-8-26(9-11-27)15-4-2-1-3-5-15/h1-7,12-13H,8-11H2,(H,23,24,25). The zero-order valence-electron chi connectivity index (χ0n) is 15.8. The molecule has 0 radical (unpaired) electrons. The summed E-state index contributed by atoms with van der Waals surface area (Å²) in [6, 6.07) is 12.8. The van der Waals surface area contributed by atoms with Crippen LogP contribution in [0.25, 0.3) is 0 Å². The summed E-state index contributed by atoms with van der Waals surface area (Å²) in [6.07, 6.45) is 1.19. The Morgan fingerprint density at radius 3 is 2.33 bits per heavy atom. The Kier molecular flexibility index (Phi) is 5.38. The Hall–Kier alpha value is -3.82. The molecule has 1 aliphatic heterocycles. The number of nitrogens with one attached hydrogen (secondary N) is 1. The van der Waals surface area contributed by atoms with Gasteiger partial charge in [0.15, 0.2) is 0 Å². The van der Waals surface area contributed by atoms with Crippen molar-refractivity contribution in [3.05, 3.63) is 76.6 Å². The molecule has 0 unspecified atom stereocenters. The highest BCUT2D eigenvalue weighted by molar-refractivity contribution is 5.74. The summed E-state index contributed by atoms with van der Waals surface area (Å²) in [7, 11) is 0. The van der Waals surface area contributed by atoms with E-state index in [4.69, 9.17) is 0 Å². The van der Waals surface area contributed by atoms with Crippen LogP contribution < -0.4 is 15.1 Å². The smallest absolute Gasteiger partial charge is 0.353 e. The van der Waals surface area contributed by atoms with E-state index >= 15 is 0 Å². The van der Waals surface area contributed by atoms with Crippen LogP contribution in [0.4, 0.5) is 37.5 Å². The van der Waals surface area contributed by atoms with Crippen molar-refractivity contribution in [3.8, 4) is 0 Å². The number of para-hydroxylation sites is 1. The highest BCUT2D eigenvalue weighted by Gasteiger charge is 2.29. The van der Waals surface area contributed by atoms with E-state index in [9.17, 15) is 18.9 Å². The minimum Gasteiger partial charge on any atom is -0.368 e. The second-order valence-electron chi connectivity index (χ2n) is 6.71. The van der Waals surface area contributed by atoms with Gasteiger partial charge in [-0.2, -0.15) is 0 Å². The Balaban J connectivity index is 1.58. The third-order valence-corrected chi connectivity index (χ3v) is 4.87. The van der Waals surface area contributed by atoms with Crippen LogP contribution in [-0.4, -0.2) is 41.1 Å². The van der Waals surface area contributed by atoms with Crippen LogP contribution >= 0.6 is 0 Å². The number of piperazine rings is 1. The number of benzene rings is 2. The third-order valence-electron chi connectivity index (χ3n) is 4.87. The van der Waals surface area contributed by atoms with Gasteiger partial charge in [-0.25, -0.2) is 18.7 Å². The van der Waals surface area contributed by atoms with Crippen molar-refractivity contribution in [3.63, 3.8) is 0 Å². The van der Waals surface area contributed by atoms with Gasteiger partial charge in [-0.05, 0) is 24.3 Å². The molecule has 0 amide bonds. The van der Waals surface area contributed by atoms with Crippen LogP contribution in [-0.2, 0) is 0 Å². The Labute approximate surface area is 170 Å². The molecule has 154 valence electrons. The molecule has 0 spiro atoms. The van der Waals surface area contributed by atoms with Crippen molar-refractivity contribution in [1.82, 2.24) is 9.97 Å². The molecule has 4 rings (SSSR count). The van der Waals surface area contributed by atoms with Gasteiger partial charge in [-0.15, -0.1) is 0 Å². The maximum Gasteiger partial charge on any atom is 0.353 e. The summed E-state index contributed by atoms with van der Waals surface area (Å²) in [5.41, 5.74) is 0.621. The minimum atomic E-state index is -0.874. The number of aromatic nitrogens is 2. The number of hydrogen-bond donors (Lipinski definition) is 1. The molecule has 1 fully saturated rings. The fourth-order valence-corrected chi connectivity index (χ4v) is 3.39. The summed E-state index contributed by atoms with van der Waals surface area (Å²) in [6.45, 7) is 2.38. The monoisotopic (exact) mass is 412 g/mol. The van der Waals surface area contributed by atoms with Gasteiger partial charge in [0.25, 0.3) is 0 Å². The zero-order chi connectivity index (χ0) is 21.1. The maximum atomic E-state index is 14.0. The van der Waals surface area contributed by atoms with Crippen molar-refractivity contribution >= 4 is 28.7 Å². The lowest BCUT2D eigenvalue weighted by atomic mass is 10.2. The largest absolute Gasteiger partial charge is 0.368 e. The lowest BCUT2D eigenvalue weighted by molar-refractivity contribution is -0.383. The van der Waals surface area contributed by atoms with E-state index in [2.05, 4.69) is 20.2 Å². The van der Waals surface area contributed by atoms with Crippen LogP contribution in [0.1, 0.15) is 0 Å². The lowest BCUT2D eigenvalue weighted by Crippen LogP contribution is -2.47. The number of hydrogen-bond acceptors (Lipinski definition) is 7. The maximum absolute atomic E-state index is 14.0. The van der Waals surface area contributed by atoms with E-state index in [-0.39, 0.29) is 23.0 Å². The summed E-state index contributed by atoms with van der Waals surface area (Å²) in [5.74, 6) is -1.61. The normalized spacial score (nSPS) is 13.9. The van der Waals surface area contributed by atoms with Gasteiger partial charge in [0.1, 0.15) is 18.0 Å². The van der Waals surface area contributed by atoms with E-state index in [1.165, 1.54) is 6.33 Å². The van der Waals surface area contributed by atoms with E-state index in [0.717, 1.165) is 17.8 Å². The van der Waals surface area contributed by atoms with Gasteiger partial charge in [-0.3, -0.25) is 10.1 Å². The van der Waals surface area contributed by atoms with Crippen LogP contribution in [0, 0.1) is 21.7 Å². The highest BCUT2D eigenvalue weighted by Crippen LogP contribution is 2.34. The molecular weight excluding hydrogens is 394 g/mol. The van der Waals surface area contributed by atoms with Crippen LogP contribution in [0.2, 0.25) is 0 Å². The molecule has 0 atom stereocenters. The quantitative estimate of drug-likeness (QED) is 0.505. The predicted molar refractivity (Wildman–Crippen MR) is 109 cm³/mol. The van der Waals surface area contributed by atoms with Gasteiger partial charge >= 0.3 is 5.69 Å². The number of anilines is 4. The van der Waals surface area contributed by atoms with Crippen molar-refractivity contribution < 1.29 is 13.7 Å². The summed E-state index contributed by atoms with van der Waals surface area (Å²) in [5, 5.41) is 14.4. The molecule has 1 saturated heterocycles. The molecule has 1 aromatic heterocycles. The van der Waals surface area contributed by atoms with E-state index in [0.29, 0.717) is 32.2 Å². The number of halogens is 2. The fourth-order valence-electron chi connectivity index (χ4n) is 3.39. The number of nitro groups is 1.